The number of likely N-dealkylation sites (tertiary alicyclic amines) is 1. The Morgan fingerprint density at radius 1 is 1.36 bits per heavy atom. The molecule has 0 unspecified atom stereocenters. The minimum Gasteiger partial charge on any atom is -0.375 e. The van der Waals surface area contributed by atoms with Crippen LogP contribution in [0, 0.1) is 5.92 Å². The van der Waals surface area contributed by atoms with Crippen molar-refractivity contribution in [3.8, 4) is 0 Å². The molecule has 0 bridgehead atoms. The second kappa shape index (κ2) is 6.41. The van der Waals surface area contributed by atoms with Crippen LogP contribution in [0.3, 0.4) is 0 Å². The maximum Gasteiger partial charge on any atom is 0.223 e. The molecule has 3 heterocycles. The lowest BCUT2D eigenvalue weighted by Gasteiger charge is -2.27. The Labute approximate surface area is 132 Å². The summed E-state index contributed by atoms with van der Waals surface area (Å²) in [5, 5.41) is 0. The van der Waals surface area contributed by atoms with E-state index in [-0.39, 0.29) is 11.5 Å². The molecule has 0 aromatic carbocycles. The molecule has 5 nitrogen and oxygen atoms in total. The van der Waals surface area contributed by atoms with Crippen LogP contribution in [0.4, 0.5) is 0 Å². The number of amides is 1. The molecule has 1 spiro atoms. The van der Waals surface area contributed by atoms with E-state index in [0.717, 1.165) is 51.1 Å². The third kappa shape index (κ3) is 3.35. The lowest BCUT2D eigenvalue weighted by Crippen LogP contribution is -2.32. The summed E-state index contributed by atoms with van der Waals surface area (Å²) in [6.07, 6.45) is 8.47. The van der Waals surface area contributed by atoms with Crippen molar-refractivity contribution in [3.63, 3.8) is 0 Å². The van der Waals surface area contributed by atoms with Gasteiger partial charge in [-0.05, 0) is 31.6 Å². The van der Waals surface area contributed by atoms with Gasteiger partial charge in [-0.1, -0.05) is 13.8 Å². The van der Waals surface area contributed by atoms with Crippen LogP contribution in [0.2, 0.25) is 0 Å². The SMILES string of the molecule is CC(C)Cn1cncc1CN1CC[C@]2(CCCO2)CCC1=O. The average molecular weight is 305 g/mol. The molecule has 1 amide bonds. The van der Waals surface area contributed by atoms with Gasteiger partial charge in [0, 0.05) is 32.3 Å². The molecule has 2 aliphatic heterocycles. The number of carbonyl (C=O) groups is 1. The fourth-order valence-electron chi connectivity index (χ4n) is 3.63. The Bertz CT molecular complexity index is 518. The van der Waals surface area contributed by atoms with Gasteiger partial charge >= 0.3 is 0 Å². The summed E-state index contributed by atoms with van der Waals surface area (Å²) in [6.45, 7) is 7.66. The summed E-state index contributed by atoms with van der Waals surface area (Å²) in [5.74, 6) is 0.826. The predicted molar refractivity (Wildman–Crippen MR) is 84.3 cm³/mol. The Hall–Kier alpha value is -1.36. The van der Waals surface area contributed by atoms with Crippen molar-refractivity contribution in [1.82, 2.24) is 14.5 Å². The van der Waals surface area contributed by atoms with Gasteiger partial charge in [-0.15, -0.1) is 0 Å². The molecule has 5 heteroatoms. The van der Waals surface area contributed by atoms with E-state index in [1.807, 2.05) is 17.4 Å². The number of imidazole rings is 1. The maximum atomic E-state index is 12.5. The van der Waals surface area contributed by atoms with Crippen LogP contribution in [0.5, 0.6) is 0 Å². The number of ether oxygens (including phenoxy) is 1. The first-order chi connectivity index (χ1) is 10.6. The van der Waals surface area contributed by atoms with Crippen molar-refractivity contribution in [3.05, 3.63) is 18.2 Å². The van der Waals surface area contributed by atoms with E-state index in [0.29, 0.717) is 18.9 Å². The fraction of sp³-hybridized carbons (Fsp3) is 0.765. The highest BCUT2D eigenvalue weighted by Crippen LogP contribution is 2.36. The number of rotatable bonds is 4. The van der Waals surface area contributed by atoms with Crippen LogP contribution >= 0.6 is 0 Å². The summed E-state index contributed by atoms with van der Waals surface area (Å²) in [7, 11) is 0. The summed E-state index contributed by atoms with van der Waals surface area (Å²) < 4.78 is 8.14. The lowest BCUT2D eigenvalue weighted by molar-refractivity contribution is -0.131. The second-order valence-corrected chi connectivity index (χ2v) is 7.13. The molecular formula is C17H27N3O2. The molecule has 2 fully saturated rings. The van der Waals surface area contributed by atoms with E-state index in [2.05, 4.69) is 23.4 Å². The molecule has 0 N–H and O–H groups in total. The van der Waals surface area contributed by atoms with Gasteiger partial charge in [0.1, 0.15) is 0 Å². The van der Waals surface area contributed by atoms with Crippen molar-refractivity contribution in [2.24, 2.45) is 5.92 Å². The first-order valence-corrected chi connectivity index (χ1v) is 8.49. The molecule has 122 valence electrons. The Morgan fingerprint density at radius 3 is 2.95 bits per heavy atom. The van der Waals surface area contributed by atoms with Gasteiger partial charge in [-0.2, -0.15) is 0 Å². The predicted octanol–water partition coefficient (Wildman–Crippen LogP) is 2.60. The normalized spacial score (nSPS) is 26.1. The van der Waals surface area contributed by atoms with Gasteiger partial charge in [0.05, 0.1) is 24.2 Å². The van der Waals surface area contributed by atoms with Crippen molar-refractivity contribution < 1.29 is 9.53 Å². The highest BCUT2D eigenvalue weighted by atomic mass is 16.5. The second-order valence-electron chi connectivity index (χ2n) is 7.13. The first kappa shape index (κ1) is 15.5. The Morgan fingerprint density at radius 2 is 2.23 bits per heavy atom. The third-order valence-corrected chi connectivity index (χ3v) is 4.88. The zero-order valence-corrected chi connectivity index (χ0v) is 13.8. The summed E-state index contributed by atoms with van der Waals surface area (Å²) in [6, 6.07) is 0. The van der Waals surface area contributed by atoms with Crippen LogP contribution in [-0.4, -0.2) is 39.1 Å². The molecule has 0 saturated carbocycles. The molecule has 0 aliphatic carbocycles. The average Bonchev–Trinajstić information content (AvgIpc) is 3.07. The smallest absolute Gasteiger partial charge is 0.223 e. The van der Waals surface area contributed by atoms with Crippen LogP contribution < -0.4 is 0 Å². The van der Waals surface area contributed by atoms with Gasteiger partial charge in [-0.25, -0.2) is 4.98 Å². The number of hydrogen-bond donors (Lipinski definition) is 0. The molecule has 22 heavy (non-hydrogen) atoms. The minimum absolute atomic E-state index is 0.0252. The summed E-state index contributed by atoms with van der Waals surface area (Å²) >= 11 is 0. The van der Waals surface area contributed by atoms with Gasteiger partial charge < -0.3 is 14.2 Å². The largest absolute Gasteiger partial charge is 0.375 e. The quantitative estimate of drug-likeness (QED) is 0.859. The molecule has 2 saturated heterocycles. The Kier molecular flexibility index (Phi) is 4.52. The Balaban J connectivity index is 1.67. The molecule has 1 atom stereocenters. The summed E-state index contributed by atoms with van der Waals surface area (Å²) in [5.41, 5.74) is 1.10. The first-order valence-electron chi connectivity index (χ1n) is 8.49. The lowest BCUT2D eigenvalue weighted by atomic mass is 9.92. The molecule has 1 aromatic rings. The van der Waals surface area contributed by atoms with E-state index < -0.39 is 0 Å². The van der Waals surface area contributed by atoms with Crippen molar-refractivity contribution in [2.75, 3.05) is 13.2 Å². The monoisotopic (exact) mass is 305 g/mol. The van der Waals surface area contributed by atoms with Gasteiger partial charge in [0.2, 0.25) is 5.91 Å². The zero-order chi connectivity index (χ0) is 15.6. The summed E-state index contributed by atoms with van der Waals surface area (Å²) in [4.78, 5) is 18.7. The number of carbonyl (C=O) groups excluding carboxylic acids is 1. The van der Waals surface area contributed by atoms with Crippen LogP contribution in [0.1, 0.15) is 51.6 Å². The standard InChI is InChI=1S/C17H27N3O2/c1-14(2)11-20-13-18-10-15(20)12-19-8-7-17(5-3-9-22-17)6-4-16(19)21/h10,13-14H,3-9,11-12H2,1-2H3/t17-/m0/s1. The topological polar surface area (TPSA) is 47.4 Å². The third-order valence-electron chi connectivity index (χ3n) is 4.88. The highest BCUT2D eigenvalue weighted by Gasteiger charge is 2.38. The van der Waals surface area contributed by atoms with E-state index in [1.165, 1.54) is 0 Å². The van der Waals surface area contributed by atoms with E-state index >= 15 is 0 Å². The number of hydrogen-bond acceptors (Lipinski definition) is 3. The van der Waals surface area contributed by atoms with Crippen molar-refractivity contribution in [1.29, 1.82) is 0 Å². The van der Waals surface area contributed by atoms with E-state index in [9.17, 15) is 4.79 Å². The molecule has 3 rings (SSSR count). The van der Waals surface area contributed by atoms with Crippen LogP contribution in [0.25, 0.3) is 0 Å². The van der Waals surface area contributed by atoms with Crippen molar-refractivity contribution >= 4 is 5.91 Å². The van der Waals surface area contributed by atoms with E-state index in [1.54, 1.807) is 0 Å². The van der Waals surface area contributed by atoms with Gasteiger partial charge in [-0.3, -0.25) is 4.79 Å². The molecule has 0 radical (unpaired) electrons. The fourth-order valence-corrected chi connectivity index (χ4v) is 3.63. The highest BCUT2D eigenvalue weighted by molar-refractivity contribution is 5.76. The van der Waals surface area contributed by atoms with Gasteiger partial charge in [0.15, 0.2) is 0 Å². The van der Waals surface area contributed by atoms with Crippen LogP contribution in [-0.2, 0) is 22.6 Å². The number of aromatic nitrogens is 2. The molecule has 1 aromatic heterocycles. The van der Waals surface area contributed by atoms with Crippen molar-refractivity contribution in [2.45, 2.75) is 64.6 Å². The van der Waals surface area contributed by atoms with Gasteiger partial charge in [0.25, 0.3) is 0 Å². The zero-order valence-electron chi connectivity index (χ0n) is 13.8. The molecule has 2 aliphatic rings. The van der Waals surface area contributed by atoms with Crippen LogP contribution in [0.15, 0.2) is 12.5 Å². The maximum absolute atomic E-state index is 12.5. The van der Waals surface area contributed by atoms with E-state index in [4.69, 9.17) is 4.74 Å². The number of nitrogens with zero attached hydrogens (tertiary/aromatic N) is 3. The molecular weight excluding hydrogens is 278 g/mol. The minimum atomic E-state index is -0.0252.